The molecule has 0 aromatic heterocycles. The van der Waals surface area contributed by atoms with Gasteiger partial charge in [-0.15, -0.1) is 14.0 Å². The first-order chi connectivity index (χ1) is 9.97. The van der Waals surface area contributed by atoms with Gasteiger partial charge in [-0.1, -0.05) is 5.20 Å². The maximum atomic E-state index is 5.67. The van der Waals surface area contributed by atoms with Gasteiger partial charge in [0.15, 0.2) is 5.11 Å². The Hall–Kier alpha value is 0.440. The molecule has 0 aliphatic carbocycles. The normalized spacial score (nSPS) is 11.9. The molecule has 0 saturated carbocycles. The highest BCUT2D eigenvalue weighted by molar-refractivity contribution is 7.80. The molecule has 0 aliphatic heterocycles. The maximum Gasteiger partial charge on any atom is 0.324 e. The molecule has 0 fully saturated rings. The number of hydrogen-bond donors (Lipinski definition) is 3. The van der Waals surface area contributed by atoms with Crippen LogP contribution < -0.4 is 33.3 Å². The van der Waals surface area contributed by atoms with Crippen molar-refractivity contribution < 1.29 is 17.0 Å². The summed E-state index contributed by atoms with van der Waals surface area (Å²) in [5.74, 6) is 0. The van der Waals surface area contributed by atoms with E-state index >= 15 is 0 Å². The molecule has 0 saturated heterocycles. The van der Waals surface area contributed by atoms with Crippen molar-refractivity contribution in [1.29, 1.82) is 0 Å². The van der Waals surface area contributed by atoms with Gasteiger partial charge < -0.3 is 22.7 Å². The Bertz CT molecular complexity index is 267. The summed E-state index contributed by atoms with van der Waals surface area (Å²) in [5, 5.41) is 3.79. The smallest absolute Gasteiger partial charge is 0.324 e. The number of nitrogens with one attached hydrogen (secondary N) is 2. The fourth-order valence-electron chi connectivity index (χ4n) is 2.73. The highest BCUT2D eigenvalue weighted by Crippen LogP contribution is 2.63. The van der Waals surface area contributed by atoms with Crippen LogP contribution in [0, 0.1) is 0 Å². The first-order valence-electron chi connectivity index (χ1n) is 7.96. The van der Waals surface area contributed by atoms with E-state index in [2.05, 4.69) is 66.2 Å². The van der Waals surface area contributed by atoms with Crippen molar-refractivity contribution in [1.82, 2.24) is 24.6 Å². The van der Waals surface area contributed by atoms with Crippen molar-refractivity contribution in [2.75, 3.05) is 39.3 Å². The fraction of sp³-hybridized carbons (Fsp3) is 0.923. The van der Waals surface area contributed by atoms with Crippen LogP contribution in [0.4, 0.5) is 0 Å². The standard InChI is InChI=1S/C13H33N6PS.BrH/c1-7-17(8-2)20(16-15-13(14)21,18(9-3)10-4)19(11-5)12-6;/h16H,7-12H2,1-6H3,(H2-,14,15,21);1H. The average molecular weight is 417 g/mol. The van der Waals surface area contributed by atoms with E-state index in [1.165, 1.54) is 0 Å². The molecule has 0 heterocycles. The summed E-state index contributed by atoms with van der Waals surface area (Å²) in [6.45, 7) is 19.1. The zero-order chi connectivity index (χ0) is 16.5. The zero-order valence-electron chi connectivity index (χ0n) is 14.9. The van der Waals surface area contributed by atoms with Crippen molar-refractivity contribution >= 4 is 25.2 Å². The molecule has 0 bridgehead atoms. The van der Waals surface area contributed by atoms with E-state index in [9.17, 15) is 0 Å². The van der Waals surface area contributed by atoms with Crippen molar-refractivity contribution in [3.05, 3.63) is 0 Å². The van der Waals surface area contributed by atoms with Gasteiger partial charge in [0.05, 0.1) is 0 Å². The lowest BCUT2D eigenvalue weighted by Gasteiger charge is -2.45. The topological polar surface area (TPSA) is 59.8 Å². The molecule has 6 nitrogen and oxygen atoms in total. The lowest BCUT2D eigenvalue weighted by atomic mass is 10.7. The molecule has 22 heavy (non-hydrogen) atoms. The van der Waals surface area contributed by atoms with Crippen LogP contribution in [0.2, 0.25) is 0 Å². The summed E-state index contributed by atoms with van der Waals surface area (Å²) in [7, 11) is -1.91. The number of nitrogens with two attached hydrogens (primary N) is 1. The molecular weight excluding hydrogens is 383 g/mol. The van der Waals surface area contributed by atoms with E-state index in [1.807, 2.05) is 0 Å². The third-order valence-corrected chi connectivity index (χ3v) is 8.28. The predicted molar refractivity (Wildman–Crippen MR) is 98.7 cm³/mol. The first kappa shape index (κ1) is 24.7. The Morgan fingerprint density at radius 1 is 0.818 bits per heavy atom. The van der Waals surface area contributed by atoms with Gasteiger partial charge in [-0.25, -0.2) is 0 Å². The second-order valence-electron chi connectivity index (χ2n) is 4.59. The summed E-state index contributed by atoms with van der Waals surface area (Å²) in [5.41, 5.74) is 8.69. The summed E-state index contributed by atoms with van der Waals surface area (Å²) in [6, 6.07) is 0. The Labute approximate surface area is 153 Å². The van der Waals surface area contributed by atoms with Crippen molar-refractivity contribution in [2.24, 2.45) is 5.73 Å². The minimum Gasteiger partial charge on any atom is -1.00 e. The Morgan fingerprint density at radius 2 is 1.09 bits per heavy atom. The molecule has 134 valence electrons. The van der Waals surface area contributed by atoms with Crippen LogP contribution in [0.5, 0.6) is 0 Å². The quantitative estimate of drug-likeness (QED) is 0.227. The summed E-state index contributed by atoms with van der Waals surface area (Å²) >= 11 is 5.01. The van der Waals surface area contributed by atoms with E-state index in [1.54, 1.807) is 0 Å². The van der Waals surface area contributed by atoms with Crippen LogP contribution >= 0.6 is 20.1 Å². The number of nitrogens with zero attached hydrogens (tertiary/aromatic N) is 3. The minimum absolute atomic E-state index is 0. The lowest BCUT2D eigenvalue weighted by Crippen LogP contribution is -3.00. The second-order valence-corrected chi connectivity index (χ2v) is 8.08. The lowest BCUT2D eigenvalue weighted by molar-refractivity contribution is -0.00000543. The summed E-state index contributed by atoms with van der Waals surface area (Å²) in [6.07, 6.45) is 0. The monoisotopic (exact) mass is 416 g/mol. The molecule has 0 atom stereocenters. The van der Waals surface area contributed by atoms with Gasteiger partial charge in [0, 0.05) is 39.3 Å². The summed E-state index contributed by atoms with van der Waals surface area (Å²) < 4.78 is 7.49. The van der Waals surface area contributed by atoms with Crippen molar-refractivity contribution in [3.63, 3.8) is 0 Å². The Kier molecular flexibility index (Phi) is 14.4. The average Bonchev–Trinajstić information content (AvgIpc) is 2.48. The molecular formula is C13H34BrN6PS. The molecule has 0 aliphatic rings. The molecule has 0 amide bonds. The van der Waals surface area contributed by atoms with E-state index in [-0.39, 0.29) is 22.1 Å². The number of halogens is 1. The van der Waals surface area contributed by atoms with Gasteiger partial charge in [-0.3, -0.25) is 5.43 Å². The molecule has 0 aromatic rings. The van der Waals surface area contributed by atoms with Crippen LogP contribution in [-0.2, 0) is 0 Å². The third-order valence-electron chi connectivity index (χ3n) is 3.70. The Balaban J connectivity index is 0. The van der Waals surface area contributed by atoms with Gasteiger partial charge in [-0.05, 0) is 53.8 Å². The van der Waals surface area contributed by atoms with E-state index in [0.29, 0.717) is 0 Å². The molecule has 9 heteroatoms. The van der Waals surface area contributed by atoms with Crippen LogP contribution in [0.1, 0.15) is 41.5 Å². The second kappa shape index (κ2) is 12.8. The molecule has 0 aromatic carbocycles. The van der Waals surface area contributed by atoms with Crippen LogP contribution in [0.3, 0.4) is 0 Å². The number of hydrogen-bond acceptors (Lipinski definition) is 5. The van der Waals surface area contributed by atoms with Gasteiger partial charge in [0.1, 0.15) is 0 Å². The summed E-state index contributed by atoms with van der Waals surface area (Å²) in [4.78, 5) is 0. The predicted octanol–water partition coefficient (Wildman–Crippen LogP) is -0.969. The van der Waals surface area contributed by atoms with Gasteiger partial charge in [0.25, 0.3) is 0 Å². The number of hydrazine groups is 1. The molecule has 0 radical (unpaired) electrons. The first-order valence-corrected chi connectivity index (χ1v) is 10.0. The molecule has 0 spiro atoms. The largest absolute Gasteiger partial charge is 1.00 e. The van der Waals surface area contributed by atoms with E-state index in [0.717, 1.165) is 39.3 Å². The molecule has 0 unspecified atom stereocenters. The SMILES string of the molecule is CCN(CC)[P+](NNC(N)=S)(N(CC)CC)N(CC)CC.[Br-]. The number of rotatable bonds is 11. The fourth-order valence-corrected chi connectivity index (χ4v) is 6.99. The van der Waals surface area contributed by atoms with Gasteiger partial charge >= 0.3 is 7.87 Å². The third kappa shape index (κ3) is 5.82. The minimum atomic E-state index is -1.91. The Morgan fingerprint density at radius 3 is 1.27 bits per heavy atom. The zero-order valence-corrected chi connectivity index (χ0v) is 18.2. The van der Waals surface area contributed by atoms with Gasteiger partial charge in [0.2, 0.25) is 0 Å². The molecule has 0 rings (SSSR count). The van der Waals surface area contributed by atoms with Gasteiger partial charge in [-0.2, -0.15) is 0 Å². The van der Waals surface area contributed by atoms with Crippen LogP contribution in [0.25, 0.3) is 0 Å². The maximum absolute atomic E-state index is 5.67. The van der Waals surface area contributed by atoms with Crippen molar-refractivity contribution in [3.8, 4) is 0 Å². The highest BCUT2D eigenvalue weighted by Gasteiger charge is 2.54. The number of thiocarbonyl (C=S) groups is 1. The highest BCUT2D eigenvalue weighted by atomic mass is 79.9. The van der Waals surface area contributed by atoms with Crippen LogP contribution in [0.15, 0.2) is 0 Å². The van der Waals surface area contributed by atoms with E-state index < -0.39 is 7.87 Å². The van der Waals surface area contributed by atoms with E-state index in [4.69, 9.17) is 18.0 Å². The molecule has 4 N–H and O–H groups in total. The van der Waals surface area contributed by atoms with Crippen LogP contribution in [-0.4, -0.2) is 58.4 Å². The van der Waals surface area contributed by atoms with Crippen molar-refractivity contribution in [2.45, 2.75) is 41.5 Å².